The molecule has 4 aromatic heterocycles. The molecule has 17 nitrogen and oxygen atoms in total. The van der Waals surface area contributed by atoms with Crippen molar-refractivity contribution in [3.05, 3.63) is 143 Å². The average molecular weight is 1010 g/mol. The van der Waals surface area contributed by atoms with Crippen molar-refractivity contribution in [1.82, 2.24) is 29.1 Å². The number of sulfonamides is 2. The highest BCUT2D eigenvalue weighted by atomic mass is 35.5. The van der Waals surface area contributed by atoms with Crippen molar-refractivity contribution < 1.29 is 35.8 Å². The van der Waals surface area contributed by atoms with Gasteiger partial charge in [-0.2, -0.15) is 5.26 Å². The van der Waals surface area contributed by atoms with E-state index in [9.17, 15) is 22.1 Å². The molecule has 0 saturated heterocycles. The number of halogens is 1. The van der Waals surface area contributed by atoms with Crippen molar-refractivity contribution in [3.8, 4) is 65.1 Å². The third kappa shape index (κ3) is 12.7. The zero-order chi connectivity index (χ0) is 50.7. The number of rotatable bonds is 18. The van der Waals surface area contributed by atoms with Gasteiger partial charge in [0, 0.05) is 46.9 Å². The molecule has 0 spiro atoms. The van der Waals surface area contributed by atoms with Gasteiger partial charge in [0.2, 0.25) is 31.9 Å². The Morgan fingerprint density at radius 1 is 0.634 bits per heavy atom. The van der Waals surface area contributed by atoms with E-state index in [1.54, 1.807) is 12.1 Å². The second-order valence-electron chi connectivity index (χ2n) is 15.6. The first-order chi connectivity index (χ1) is 34.1. The zero-order valence-electron chi connectivity index (χ0n) is 38.9. The summed E-state index contributed by atoms with van der Waals surface area (Å²) in [5.74, 6) is 7.49. The summed E-state index contributed by atoms with van der Waals surface area (Å²) in [5.41, 5.74) is 6.02. The third-order valence-corrected chi connectivity index (χ3v) is 11.6. The molecule has 0 bridgehead atoms. The molecular weight excluding hydrogens is 966 g/mol. The van der Waals surface area contributed by atoms with E-state index in [1.807, 2.05) is 108 Å². The van der Waals surface area contributed by atoms with Gasteiger partial charge in [-0.1, -0.05) is 37.3 Å². The number of ether oxygens (including phenoxy) is 4. The van der Waals surface area contributed by atoms with Crippen LogP contribution in [-0.4, -0.2) is 71.6 Å². The Bertz CT molecular complexity index is 3580. The van der Waals surface area contributed by atoms with Gasteiger partial charge in [-0.15, -0.1) is 12.8 Å². The highest BCUT2D eigenvalue weighted by Gasteiger charge is 2.19. The lowest BCUT2D eigenvalue weighted by Gasteiger charge is -2.13. The standard InChI is InChI=1S/C26H23N5O4S.C25H23ClN4O4S/c1-4-14-34-25-18(5-2)15-24-22(23(25)16-27)11-13-31(24)20-6-8-21(9-7-20)35-17-19-10-12-28-26(29-19)30-36(3,32)33;1-4-14-33-24-17(5-2)15-22-21(23(24)26)11-13-30(22)19-6-8-20(9-7-19)34-16-18-10-12-27-25(28-18)29-35(3,31)32/h2,6-13,15H,4,14,17H2,1,3H3,(H,28,29,30);2,6-13,15H,4,14,16H2,1,3H3,(H,27,28,29). The summed E-state index contributed by atoms with van der Waals surface area (Å²) in [7, 11) is -6.93. The summed E-state index contributed by atoms with van der Waals surface area (Å²) in [6.45, 7) is 5.30. The SMILES string of the molecule is C#Cc1cc2c(ccn2-c2ccc(OCc3ccnc(NS(C)(=O)=O)n3)cc2)c(C#N)c1OCCC.C#Cc1cc2c(ccn2-c2ccc(OCc3ccnc(NS(C)(=O)=O)n3)cc2)c(Cl)c1OCCC. The number of hydrogen-bond donors (Lipinski definition) is 2. The molecule has 20 heteroatoms. The lowest BCUT2D eigenvalue weighted by atomic mass is 10.0. The molecule has 8 rings (SSSR count). The minimum atomic E-state index is -3.47. The molecular formula is C51H46ClN9O8S2. The van der Waals surface area contributed by atoms with Crippen LogP contribution in [0.5, 0.6) is 23.0 Å². The molecule has 0 aliphatic rings. The van der Waals surface area contributed by atoms with Crippen LogP contribution in [0.15, 0.2) is 110 Å². The van der Waals surface area contributed by atoms with Crippen LogP contribution in [0.1, 0.15) is 54.8 Å². The monoisotopic (exact) mass is 1010 g/mol. The van der Waals surface area contributed by atoms with Crippen molar-refractivity contribution in [3.63, 3.8) is 0 Å². The number of nitrogens with one attached hydrogen (secondary N) is 2. The number of hydrogen-bond acceptors (Lipinski definition) is 13. The molecule has 0 radical (unpaired) electrons. The van der Waals surface area contributed by atoms with Crippen molar-refractivity contribution in [2.75, 3.05) is 35.2 Å². The summed E-state index contributed by atoms with van der Waals surface area (Å²) >= 11 is 6.63. The first-order valence-electron chi connectivity index (χ1n) is 21.8. The van der Waals surface area contributed by atoms with E-state index in [4.69, 9.17) is 43.4 Å². The van der Waals surface area contributed by atoms with Crippen LogP contribution in [0.25, 0.3) is 33.2 Å². The Labute approximate surface area is 416 Å². The second kappa shape index (κ2) is 22.4. The molecule has 0 amide bonds. The van der Waals surface area contributed by atoms with E-state index >= 15 is 0 Å². The number of nitriles is 1. The summed E-state index contributed by atoms with van der Waals surface area (Å²) in [5, 5.41) is 11.9. The number of nitrogens with zero attached hydrogens (tertiary/aromatic N) is 7. The van der Waals surface area contributed by atoms with Gasteiger partial charge in [0.1, 0.15) is 36.3 Å². The quantitative estimate of drug-likeness (QED) is 0.0770. The number of terminal acetylenes is 2. The van der Waals surface area contributed by atoms with E-state index in [1.165, 1.54) is 12.4 Å². The van der Waals surface area contributed by atoms with Crippen LogP contribution >= 0.6 is 11.6 Å². The van der Waals surface area contributed by atoms with Crippen LogP contribution in [0.3, 0.4) is 0 Å². The number of aromatic nitrogens is 6. The number of fused-ring (bicyclic) bond motifs is 2. The van der Waals surface area contributed by atoms with Gasteiger partial charge in [0.05, 0.1) is 64.3 Å². The fraction of sp³-hybridized carbons (Fsp3) is 0.196. The van der Waals surface area contributed by atoms with E-state index in [0.29, 0.717) is 69.3 Å². The van der Waals surface area contributed by atoms with E-state index in [2.05, 4.69) is 47.3 Å². The lowest BCUT2D eigenvalue weighted by Crippen LogP contribution is -2.13. The van der Waals surface area contributed by atoms with Crippen LogP contribution in [0.4, 0.5) is 11.9 Å². The van der Waals surface area contributed by atoms with Crippen molar-refractivity contribution in [2.45, 2.75) is 39.9 Å². The maximum absolute atomic E-state index is 11.4. The van der Waals surface area contributed by atoms with Crippen LogP contribution in [0.2, 0.25) is 5.02 Å². The van der Waals surface area contributed by atoms with Crippen molar-refractivity contribution >= 4 is 65.4 Å². The average Bonchev–Trinajstić information content (AvgIpc) is 3.98. The smallest absolute Gasteiger partial charge is 0.236 e. The molecule has 4 heterocycles. The number of anilines is 2. The van der Waals surface area contributed by atoms with Gasteiger partial charge in [-0.05, 0) is 97.8 Å². The Morgan fingerprint density at radius 2 is 1.07 bits per heavy atom. The molecule has 0 aliphatic heterocycles. The predicted octanol–water partition coefficient (Wildman–Crippen LogP) is 8.81. The lowest BCUT2D eigenvalue weighted by molar-refractivity contribution is 0.301. The minimum absolute atomic E-state index is 0.00307. The first kappa shape index (κ1) is 50.6. The Kier molecular flexibility index (Phi) is 16.0. The highest BCUT2D eigenvalue weighted by Crippen LogP contribution is 2.38. The molecule has 0 saturated carbocycles. The van der Waals surface area contributed by atoms with Gasteiger partial charge >= 0.3 is 0 Å². The fourth-order valence-corrected chi connectivity index (χ4v) is 8.24. The molecule has 71 heavy (non-hydrogen) atoms. The Hall–Kier alpha value is -8.28. The normalized spacial score (nSPS) is 11.1. The third-order valence-electron chi connectivity index (χ3n) is 10.1. The van der Waals surface area contributed by atoms with Crippen LogP contribution in [0, 0.1) is 36.0 Å². The summed E-state index contributed by atoms with van der Waals surface area (Å²) in [6, 6.07) is 28.0. The Morgan fingerprint density at radius 3 is 1.51 bits per heavy atom. The summed E-state index contributed by atoms with van der Waals surface area (Å²) < 4.78 is 77.1. The summed E-state index contributed by atoms with van der Waals surface area (Å²) in [6.07, 6.45) is 21.9. The van der Waals surface area contributed by atoms with E-state index in [-0.39, 0.29) is 25.1 Å². The second-order valence-corrected chi connectivity index (χ2v) is 19.5. The predicted molar refractivity (Wildman–Crippen MR) is 273 cm³/mol. The number of benzene rings is 4. The van der Waals surface area contributed by atoms with E-state index in [0.717, 1.165) is 58.5 Å². The minimum Gasteiger partial charge on any atom is -0.491 e. The summed E-state index contributed by atoms with van der Waals surface area (Å²) in [4.78, 5) is 16.1. The molecule has 0 fully saturated rings. The molecule has 362 valence electrons. The van der Waals surface area contributed by atoms with Gasteiger partial charge in [0.15, 0.2) is 11.5 Å². The van der Waals surface area contributed by atoms with Crippen molar-refractivity contribution in [2.24, 2.45) is 0 Å². The molecule has 0 aliphatic carbocycles. The topological polar surface area (TPSA) is 214 Å². The first-order valence-corrected chi connectivity index (χ1v) is 25.9. The molecule has 8 aromatic rings. The molecule has 4 aromatic carbocycles. The highest BCUT2D eigenvalue weighted by molar-refractivity contribution is 7.92. The maximum Gasteiger partial charge on any atom is 0.236 e. The molecule has 0 unspecified atom stereocenters. The largest absolute Gasteiger partial charge is 0.491 e. The van der Waals surface area contributed by atoms with Crippen LogP contribution < -0.4 is 28.4 Å². The van der Waals surface area contributed by atoms with Gasteiger partial charge in [-0.25, -0.2) is 36.8 Å². The molecule has 2 N–H and O–H groups in total. The fourth-order valence-electron chi connectivity index (χ4n) is 7.06. The maximum atomic E-state index is 11.4. The Balaban J connectivity index is 0.000000209. The van der Waals surface area contributed by atoms with Crippen molar-refractivity contribution in [1.29, 1.82) is 5.26 Å². The molecule has 0 atom stereocenters. The van der Waals surface area contributed by atoms with Crippen LogP contribution in [-0.2, 0) is 33.3 Å². The van der Waals surface area contributed by atoms with Gasteiger partial charge in [0.25, 0.3) is 0 Å². The van der Waals surface area contributed by atoms with E-state index < -0.39 is 20.0 Å². The van der Waals surface area contributed by atoms with Gasteiger partial charge < -0.3 is 28.1 Å². The van der Waals surface area contributed by atoms with Gasteiger partial charge in [-0.3, -0.25) is 9.44 Å². The zero-order valence-corrected chi connectivity index (χ0v) is 41.3.